The molecule has 4 nitrogen and oxygen atoms in total. The van der Waals surface area contributed by atoms with Gasteiger partial charge in [0.05, 0.1) is 6.26 Å². The van der Waals surface area contributed by atoms with Crippen LogP contribution < -0.4 is 5.14 Å². The number of rotatable bonds is 2. The zero-order chi connectivity index (χ0) is 12.6. The predicted molar refractivity (Wildman–Crippen MR) is 65.5 cm³/mol. The van der Waals surface area contributed by atoms with Crippen LogP contribution in [0.5, 0.6) is 0 Å². The molecule has 1 aromatic heterocycles. The molecule has 0 aliphatic carbocycles. The number of furan rings is 1. The minimum Gasteiger partial charge on any atom is -0.451 e. The van der Waals surface area contributed by atoms with E-state index in [-0.39, 0.29) is 5.09 Å². The van der Waals surface area contributed by atoms with E-state index < -0.39 is 10.0 Å². The molecule has 0 aliphatic rings. The van der Waals surface area contributed by atoms with E-state index in [9.17, 15) is 8.42 Å². The van der Waals surface area contributed by atoms with Crippen LogP contribution in [0.15, 0.2) is 40.0 Å². The highest BCUT2D eigenvalue weighted by Crippen LogP contribution is 2.31. The van der Waals surface area contributed by atoms with E-state index in [2.05, 4.69) is 0 Å². The molecule has 0 unspecified atom stereocenters. The summed E-state index contributed by atoms with van der Waals surface area (Å²) < 4.78 is 27.4. The van der Waals surface area contributed by atoms with Gasteiger partial charge in [-0.15, -0.1) is 0 Å². The first-order valence-corrected chi connectivity index (χ1v) is 6.75. The topological polar surface area (TPSA) is 73.3 Å². The lowest BCUT2D eigenvalue weighted by atomic mass is 10.1. The number of benzene rings is 1. The smallest absolute Gasteiger partial charge is 0.272 e. The molecular formula is C10H7Cl2NO3S. The van der Waals surface area contributed by atoms with E-state index in [4.69, 9.17) is 32.8 Å². The Labute approximate surface area is 108 Å². The third-order valence-corrected chi connectivity index (χ3v) is 3.33. The Morgan fingerprint density at radius 3 is 2.24 bits per heavy atom. The molecule has 90 valence electrons. The maximum Gasteiger partial charge on any atom is 0.272 e. The Hall–Kier alpha value is -1.01. The van der Waals surface area contributed by atoms with Crippen LogP contribution in [0.2, 0.25) is 10.0 Å². The minimum atomic E-state index is -3.92. The van der Waals surface area contributed by atoms with Gasteiger partial charge in [-0.3, -0.25) is 0 Å². The first-order chi connectivity index (χ1) is 7.88. The molecule has 1 heterocycles. The van der Waals surface area contributed by atoms with Crippen LogP contribution in [0.3, 0.4) is 0 Å². The van der Waals surface area contributed by atoms with Gasteiger partial charge in [0.1, 0.15) is 0 Å². The van der Waals surface area contributed by atoms with Gasteiger partial charge in [-0.25, -0.2) is 13.6 Å². The molecule has 0 saturated heterocycles. The highest BCUT2D eigenvalue weighted by atomic mass is 35.5. The highest BCUT2D eigenvalue weighted by molar-refractivity contribution is 7.89. The van der Waals surface area contributed by atoms with Crippen LogP contribution in [-0.2, 0) is 10.0 Å². The highest BCUT2D eigenvalue weighted by Gasteiger charge is 2.19. The molecule has 2 N–H and O–H groups in total. The van der Waals surface area contributed by atoms with Crippen molar-refractivity contribution in [3.8, 4) is 11.1 Å². The van der Waals surface area contributed by atoms with Crippen LogP contribution in [-0.4, -0.2) is 8.42 Å². The fourth-order valence-corrected chi connectivity index (χ4v) is 2.65. The standard InChI is InChI=1S/C10H7Cl2NO3S/c11-7-3-6(4-8(12)5-7)9-1-2-16-10(9)17(13,14)15/h1-5H,(H2,13,14,15). The molecule has 0 bridgehead atoms. The first kappa shape index (κ1) is 12.4. The van der Waals surface area contributed by atoms with Crippen LogP contribution >= 0.6 is 23.2 Å². The summed E-state index contributed by atoms with van der Waals surface area (Å²) in [5.74, 6) is 0. The Morgan fingerprint density at radius 1 is 1.12 bits per heavy atom. The first-order valence-electron chi connectivity index (χ1n) is 4.45. The molecule has 1 aromatic carbocycles. The van der Waals surface area contributed by atoms with Crippen molar-refractivity contribution in [1.82, 2.24) is 0 Å². The maximum absolute atomic E-state index is 11.3. The van der Waals surface area contributed by atoms with E-state index >= 15 is 0 Å². The molecule has 0 fully saturated rings. The van der Waals surface area contributed by atoms with Gasteiger partial charge in [-0.05, 0) is 29.8 Å². The number of hydrogen-bond acceptors (Lipinski definition) is 3. The van der Waals surface area contributed by atoms with Gasteiger partial charge in [-0.1, -0.05) is 23.2 Å². The van der Waals surface area contributed by atoms with Crippen molar-refractivity contribution in [3.63, 3.8) is 0 Å². The molecule has 17 heavy (non-hydrogen) atoms. The molecule has 0 amide bonds. The normalized spacial score (nSPS) is 11.7. The average molecular weight is 292 g/mol. The molecule has 0 spiro atoms. The Balaban J connectivity index is 2.66. The molecule has 0 saturated carbocycles. The van der Waals surface area contributed by atoms with Gasteiger partial charge >= 0.3 is 0 Å². The number of nitrogens with two attached hydrogens (primary N) is 1. The summed E-state index contributed by atoms with van der Waals surface area (Å²) >= 11 is 11.7. The van der Waals surface area contributed by atoms with Crippen molar-refractivity contribution in [1.29, 1.82) is 0 Å². The zero-order valence-electron chi connectivity index (χ0n) is 8.35. The third kappa shape index (κ3) is 2.63. The lowest BCUT2D eigenvalue weighted by Crippen LogP contribution is -2.12. The van der Waals surface area contributed by atoms with Gasteiger partial charge in [0.2, 0.25) is 5.09 Å². The van der Waals surface area contributed by atoms with E-state index in [0.717, 1.165) is 0 Å². The maximum atomic E-state index is 11.3. The van der Waals surface area contributed by atoms with Gasteiger partial charge in [0.25, 0.3) is 10.0 Å². The lowest BCUT2D eigenvalue weighted by Gasteiger charge is -2.02. The van der Waals surface area contributed by atoms with Gasteiger partial charge < -0.3 is 4.42 Å². The average Bonchev–Trinajstić information content (AvgIpc) is 2.63. The van der Waals surface area contributed by atoms with E-state index in [1.54, 1.807) is 18.2 Å². The predicted octanol–water partition coefficient (Wildman–Crippen LogP) is 2.90. The van der Waals surface area contributed by atoms with Crippen molar-refractivity contribution in [2.75, 3.05) is 0 Å². The number of halogens is 2. The molecule has 7 heteroatoms. The van der Waals surface area contributed by atoms with Crippen molar-refractivity contribution >= 4 is 33.2 Å². The molecule has 2 aromatic rings. The quantitative estimate of drug-likeness (QED) is 0.924. The summed E-state index contributed by atoms with van der Waals surface area (Å²) in [7, 11) is -3.92. The van der Waals surface area contributed by atoms with Crippen molar-refractivity contribution in [3.05, 3.63) is 40.6 Å². The lowest BCUT2D eigenvalue weighted by molar-refractivity contribution is 0.452. The van der Waals surface area contributed by atoms with Gasteiger partial charge in [0.15, 0.2) is 0 Å². The second kappa shape index (κ2) is 4.34. The van der Waals surface area contributed by atoms with Gasteiger partial charge in [0, 0.05) is 15.6 Å². The van der Waals surface area contributed by atoms with Crippen molar-refractivity contribution in [2.45, 2.75) is 5.09 Å². The van der Waals surface area contributed by atoms with Crippen LogP contribution in [0, 0.1) is 0 Å². The molecule has 0 atom stereocenters. The minimum absolute atomic E-state index is 0.309. The summed E-state index contributed by atoms with van der Waals surface area (Å²) in [4.78, 5) is 0. The molecule has 0 radical (unpaired) electrons. The summed E-state index contributed by atoms with van der Waals surface area (Å²) in [6.07, 6.45) is 1.24. The Kier molecular flexibility index (Phi) is 3.18. The fraction of sp³-hybridized carbons (Fsp3) is 0. The largest absolute Gasteiger partial charge is 0.451 e. The number of sulfonamides is 1. The van der Waals surface area contributed by atoms with Gasteiger partial charge in [-0.2, -0.15) is 0 Å². The summed E-state index contributed by atoms with van der Waals surface area (Å²) in [5, 5.41) is 5.51. The van der Waals surface area contributed by atoms with Crippen molar-refractivity contribution < 1.29 is 12.8 Å². The second-order valence-electron chi connectivity index (χ2n) is 3.32. The summed E-state index contributed by atoms with van der Waals surface area (Å²) in [5.41, 5.74) is 0.858. The van der Waals surface area contributed by atoms with Crippen LogP contribution in [0.4, 0.5) is 0 Å². The SMILES string of the molecule is NS(=O)(=O)c1occc1-c1cc(Cl)cc(Cl)c1. The van der Waals surface area contributed by atoms with Crippen molar-refractivity contribution in [2.24, 2.45) is 5.14 Å². The van der Waals surface area contributed by atoms with E-state index in [1.807, 2.05) is 0 Å². The van der Waals surface area contributed by atoms with E-state index in [0.29, 0.717) is 21.2 Å². The summed E-state index contributed by atoms with van der Waals surface area (Å²) in [6, 6.07) is 6.19. The van der Waals surface area contributed by atoms with E-state index in [1.165, 1.54) is 12.3 Å². The number of hydrogen-bond donors (Lipinski definition) is 1. The second-order valence-corrected chi connectivity index (χ2v) is 5.66. The Bertz CT molecular complexity index is 644. The summed E-state index contributed by atoms with van der Waals surface area (Å²) in [6.45, 7) is 0. The Morgan fingerprint density at radius 2 is 1.71 bits per heavy atom. The van der Waals surface area contributed by atoms with Crippen LogP contribution in [0.1, 0.15) is 0 Å². The van der Waals surface area contributed by atoms with Crippen LogP contribution in [0.25, 0.3) is 11.1 Å². The fourth-order valence-electron chi connectivity index (χ4n) is 1.44. The third-order valence-electron chi connectivity index (χ3n) is 2.06. The molecule has 0 aliphatic heterocycles. The number of primary sulfonamides is 1. The zero-order valence-corrected chi connectivity index (χ0v) is 10.7. The molecule has 2 rings (SSSR count). The molecular weight excluding hydrogens is 285 g/mol. The monoisotopic (exact) mass is 291 g/mol.